The summed E-state index contributed by atoms with van der Waals surface area (Å²) < 4.78 is 26.4. The van der Waals surface area contributed by atoms with Crippen LogP contribution in [0.2, 0.25) is 0 Å². The Morgan fingerprint density at radius 1 is 1.27 bits per heavy atom. The molecule has 0 aliphatic carbocycles. The minimum absolute atomic E-state index is 0.263. The molecule has 0 saturated carbocycles. The third-order valence-electron chi connectivity index (χ3n) is 5.50. The lowest BCUT2D eigenvalue weighted by atomic mass is 9.81. The zero-order chi connectivity index (χ0) is 21.0. The summed E-state index contributed by atoms with van der Waals surface area (Å²) in [7, 11) is 1.31. The molecule has 1 aromatic heterocycles. The third kappa shape index (κ3) is 2.71. The van der Waals surface area contributed by atoms with Crippen molar-refractivity contribution in [3.05, 3.63) is 85.2 Å². The van der Waals surface area contributed by atoms with Gasteiger partial charge >= 0.3 is 5.97 Å². The fraction of sp³-hybridized carbons (Fsp3) is 0.227. The number of hydrogen-bond donors (Lipinski definition) is 0. The number of halogens is 1. The van der Waals surface area contributed by atoms with E-state index < -0.39 is 23.7 Å². The highest BCUT2D eigenvalue weighted by Gasteiger charge is 2.55. The number of benzene rings is 2. The molecule has 30 heavy (non-hydrogen) atoms. The first-order chi connectivity index (χ1) is 14.4. The molecule has 2 aromatic carbocycles. The number of ether oxygens (including phenoxy) is 2. The fourth-order valence-electron chi connectivity index (χ4n) is 4.14. The number of carbonyl (C=O) groups is 1. The zero-order valence-corrected chi connectivity index (χ0v) is 17.0. The molecule has 0 saturated heterocycles. The topological polar surface area (TPSA) is 69.9 Å². The molecule has 0 N–H and O–H groups in total. The van der Waals surface area contributed by atoms with Gasteiger partial charge < -0.3 is 9.47 Å². The Morgan fingerprint density at radius 2 is 2.00 bits per heavy atom. The van der Waals surface area contributed by atoms with Crippen LogP contribution in [0.1, 0.15) is 24.1 Å². The molecule has 0 amide bonds. The van der Waals surface area contributed by atoms with Gasteiger partial charge in [-0.25, -0.2) is 9.38 Å². The van der Waals surface area contributed by atoms with Crippen LogP contribution in [-0.4, -0.2) is 23.4 Å². The van der Waals surface area contributed by atoms with Crippen LogP contribution < -0.4 is 19.6 Å². The summed E-state index contributed by atoms with van der Waals surface area (Å²) in [5, 5.41) is 0. The molecule has 6 nitrogen and oxygen atoms in total. The lowest BCUT2D eigenvalue weighted by molar-refractivity contribution is -0.158. The SMILES string of the molecule is COC(=O)[C@@H]1[C@H]2c3ccccc3O[C@@]1(C)N=c1s/c(=C/c3ccc(F)cc3)c(=O)n12. The number of aromatic nitrogens is 1. The summed E-state index contributed by atoms with van der Waals surface area (Å²) in [6.45, 7) is 1.73. The van der Waals surface area contributed by atoms with Crippen molar-refractivity contribution in [1.29, 1.82) is 0 Å². The molecule has 3 heterocycles. The Kier molecular flexibility index (Phi) is 4.14. The standard InChI is InChI=1S/C22H17FN2O4S/c1-22-17(20(27)28-2)18(14-5-3-4-6-15(14)29-22)25-19(26)16(30-21(25)24-22)11-12-7-9-13(23)10-8-12/h3-11,17-18H,1-2H3/b16-11+/t17-,18+,22+/m0/s1. The number of fused-ring (bicyclic) bond motifs is 6. The van der Waals surface area contributed by atoms with Crippen LogP contribution >= 0.6 is 11.3 Å². The molecule has 8 heteroatoms. The van der Waals surface area contributed by atoms with Gasteiger partial charge in [-0.05, 0) is 36.8 Å². The Bertz CT molecular complexity index is 1340. The summed E-state index contributed by atoms with van der Waals surface area (Å²) in [5.74, 6) is -1.06. The minimum Gasteiger partial charge on any atom is -0.469 e. The maximum Gasteiger partial charge on any atom is 0.317 e. The van der Waals surface area contributed by atoms with Gasteiger partial charge in [-0.2, -0.15) is 0 Å². The smallest absolute Gasteiger partial charge is 0.317 e. The Balaban J connectivity index is 1.79. The number of hydrogen-bond acceptors (Lipinski definition) is 6. The van der Waals surface area contributed by atoms with Crippen molar-refractivity contribution in [2.24, 2.45) is 10.9 Å². The van der Waals surface area contributed by atoms with E-state index in [1.165, 1.54) is 30.6 Å². The normalized spacial score (nSPS) is 24.3. The second-order valence-electron chi connectivity index (χ2n) is 7.37. The maximum atomic E-state index is 13.4. The lowest BCUT2D eigenvalue weighted by Gasteiger charge is -2.44. The van der Waals surface area contributed by atoms with Crippen LogP contribution in [0, 0.1) is 11.7 Å². The highest BCUT2D eigenvalue weighted by molar-refractivity contribution is 7.07. The van der Waals surface area contributed by atoms with Crippen LogP contribution in [0.25, 0.3) is 6.08 Å². The third-order valence-corrected chi connectivity index (χ3v) is 6.49. The van der Waals surface area contributed by atoms with Gasteiger partial charge in [0.25, 0.3) is 5.56 Å². The molecule has 2 aliphatic heterocycles. The van der Waals surface area contributed by atoms with Crippen molar-refractivity contribution in [2.45, 2.75) is 18.7 Å². The molecular weight excluding hydrogens is 407 g/mol. The van der Waals surface area contributed by atoms with Crippen LogP contribution in [0.4, 0.5) is 4.39 Å². The first-order valence-electron chi connectivity index (χ1n) is 9.35. The van der Waals surface area contributed by atoms with E-state index >= 15 is 0 Å². The van der Waals surface area contributed by atoms with Crippen LogP contribution in [0.3, 0.4) is 0 Å². The number of thiazole rings is 1. The molecule has 152 valence electrons. The molecule has 0 spiro atoms. The largest absolute Gasteiger partial charge is 0.469 e. The molecule has 0 radical (unpaired) electrons. The number of rotatable bonds is 2. The predicted octanol–water partition coefficient (Wildman–Crippen LogP) is 2.00. The number of methoxy groups -OCH3 is 1. The highest BCUT2D eigenvalue weighted by atomic mass is 32.1. The number of para-hydroxylation sites is 1. The Hall–Kier alpha value is -3.26. The maximum absolute atomic E-state index is 13.4. The number of esters is 1. The van der Waals surface area contributed by atoms with E-state index in [1.54, 1.807) is 35.8 Å². The number of nitrogens with zero attached hydrogens (tertiary/aromatic N) is 2. The van der Waals surface area contributed by atoms with Crippen molar-refractivity contribution >= 4 is 23.4 Å². The van der Waals surface area contributed by atoms with Crippen LogP contribution in [-0.2, 0) is 9.53 Å². The van der Waals surface area contributed by atoms with E-state index in [9.17, 15) is 14.0 Å². The van der Waals surface area contributed by atoms with Gasteiger partial charge in [0.2, 0.25) is 5.72 Å². The van der Waals surface area contributed by atoms with Crippen LogP contribution in [0.5, 0.6) is 5.75 Å². The molecule has 0 unspecified atom stereocenters. The molecular formula is C22H17FN2O4S. The summed E-state index contributed by atoms with van der Waals surface area (Å²) in [6, 6.07) is 12.6. The van der Waals surface area contributed by atoms with Gasteiger partial charge in [-0.1, -0.05) is 41.7 Å². The lowest BCUT2D eigenvalue weighted by Crippen LogP contribution is -2.58. The Morgan fingerprint density at radius 3 is 2.73 bits per heavy atom. The molecule has 5 rings (SSSR count). The average Bonchev–Trinajstić information content (AvgIpc) is 3.02. The quantitative estimate of drug-likeness (QED) is 0.590. The molecule has 2 bridgehead atoms. The minimum atomic E-state index is -1.20. The van der Waals surface area contributed by atoms with E-state index in [-0.39, 0.29) is 11.4 Å². The zero-order valence-electron chi connectivity index (χ0n) is 16.2. The van der Waals surface area contributed by atoms with Gasteiger partial charge in [-0.15, -0.1) is 0 Å². The molecule has 0 fully saturated rings. The van der Waals surface area contributed by atoms with Crippen molar-refractivity contribution in [2.75, 3.05) is 7.11 Å². The molecule has 3 atom stereocenters. The summed E-state index contributed by atoms with van der Waals surface area (Å²) in [4.78, 5) is 31.2. The molecule has 3 aromatic rings. The van der Waals surface area contributed by atoms with Gasteiger partial charge in [-0.3, -0.25) is 14.2 Å². The summed E-state index contributed by atoms with van der Waals surface area (Å²) in [6.07, 6.45) is 1.69. The van der Waals surface area contributed by atoms with Gasteiger partial charge in [0, 0.05) is 5.56 Å². The van der Waals surface area contributed by atoms with Crippen molar-refractivity contribution in [3.63, 3.8) is 0 Å². The molecule has 2 aliphatic rings. The average molecular weight is 424 g/mol. The second-order valence-corrected chi connectivity index (χ2v) is 8.38. The summed E-state index contributed by atoms with van der Waals surface area (Å²) in [5.41, 5.74) is -0.0326. The van der Waals surface area contributed by atoms with Crippen molar-refractivity contribution in [3.8, 4) is 5.75 Å². The monoisotopic (exact) mass is 424 g/mol. The van der Waals surface area contributed by atoms with Crippen LogP contribution in [0.15, 0.2) is 58.3 Å². The summed E-state index contributed by atoms with van der Waals surface area (Å²) >= 11 is 1.21. The van der Waals surface area contributed by atoms with E-state index in [4.69, 9.17) is 9.47 Å². The Labute approximate surface area is 174 Å². The van der Waals surface area contributed by atoms with Gasteiger partial charge in [0.1, 0.15) is 17.5 Å². The van der Waals surface area contributed by atoms with Crippen molar-refractivity contribution < 1.29 is 18.7 Å². The first-order valence-corrected chi connectivity index (χ1v) is 10.2. The highest BCUT2D eigenvalue weighted by Crippen LogP contribution is 2.47. The fourth-order valence-corrected chi connectivity index (χ4v) is 5.24. The van der Waals surface area contributed by atoms with E-state index in [1.807, 2.05) is 18.2 Å². The van der Waals surface area contributed by atoms with E-state index in [0.717, 1.165) is 5.56 Å². The van der Waals surface area contributed by atoms with Crippen molar-refractivity contribution in [1.82, 2.24) is 4.57 Å². The number of carbonyl (C=O) groups excluding carboxylic acids is 1. The van der Waals surface area contributed by atoms with Gasteiger partial charge in [0.05, 0.1) is 17.7 Å². The second kappa shape index (κ2) is 6.63. The first kappa shape index (κ1) is 18.7. The predicted molar refractivity (Wildman–Crippen MR) is 108 cm³/mol. The van der Waals surface area contributed by atoms with E-state index in [2.05, 4.69) is 4.99 Å². The van der Waals surface area contributed by atoms with Gasteiger partial charge in [0.15, 0.2) is 4.80 Å². The van der Waals surface area contributed by atoms with E-state index in [0.29, 0.717) is 20.6 Å².